The maximum Gasteiger partial charge on any atom is 0.325 e. The fraction of sp³-hybridized carbons (Fsp3) is 0.667. The van der Waals surface area contributed by atoms with E-state index < -0.39 is 5.60 Å². The fourth-order valence-corrected chi connectivity index (χ4v) is 0.647. The van der Waals surface area contributed by atoms with E-state index in [9.17, 15) is 4.79 Å². The highest BCUT2D eigenvalue weighted by atomic mass is 16.6. The maximum atomic E-state index is 11.1. The summed E-state index contributed by atoms with van der Waals surface area (Å²) in [6.45, 7) is 9.50. The van der Waals surface area contributed by atoms with Crippen LogP contribution in [-0.4, -0.2) is 24.7 Å². The van der Waals surface area contributed by atoms with Crippen molar-refractivity contribution < 1.29 is 9.53 Å². The van der Waals surface area contributed by atoms with Gasteiger partial charge in [0.05, 0.1) is 0 Å². The number of esters is 1. The Morgan fingerprint density at radius 1 is 1.54 bits per heavy atom. The summed E-state index contributed by atoms with van der Waals surface area (Å²) < 4.78 is 5.05. The van der Waals surface area contributed by atoms with Crippen LogP contribution in [0.1, 0.15) is 20.8 Å². The molecule has 0 aromatic carbocycles. The average molecular weight is 186 g/mol. The quantitative estimate of drug-likeness (QED) is 0.623. The second-order valence-electron chi connectivity index (χ2n) is 3.75. The molecule has 0 saturated carbocycles. The number of hydrogen-bond acceptors (Lipinski definition) is 4. The minimum Gasteiger partial charge on any atom is -0.459 e. The van der Waals surface area contributed by atoms with Crippen LogP contribution in [0.15, 0.2) is 12.3 Å². The molecule has 0 amide bonds. The van der Waals surface area contributed by atoms with E-state index in [0.717, 1.165) is 0 Å². The summed E-state index contributed by atoms with van der Waals surface area (Å²) in [5.74, 6) is -0.304. The molecule has 0 bridgehead atoms. The van der Waals surface area contributed by atoms with Crippen LogP contribution in [0, 0.1) is 0 Å². The molecule has 0 aromatic rings. The van der Waals surface area contributed by atoms with Gasteiger partial charge in [-0.25, -0.2) is 0 Å². The Bertz CT molecular complexity index is 194. The molecule has 4 nitrogen and oxygen atoms in total. The van der Waals surface area contributed by atoms with Crippen LogP contribution < -0.4 is 11.1 Å². The first-order valence-corrected chi connectivity index (χ1v) is 4.18. The van der Waals surface area contributed by atoms with Crippen LogP contribution in [0.25, 0.3) is 0 Å². The zero-order valence-corrected chi connectivity index (χ0v) is 8.52. The van der Waals surface area contributed by atoms with E-state index in [1.165, 1.54) is 0 Å². The van der Waals surface area contributed by atoms with Gasteiger partial charge in [-0.1, -0.05) is 6.58 Å². The lowest BCUT2D eigenvalue weighted by Crippen LogP contribution is -2.32. The summed E-state index contributed by atoms with van der Waals surface area (Å²) in [7, 11) is 0. The topological polar surface area (TPSA) is 64.3 Å². The monoisotopic (exact) mass is 186 g/mol. The van der Waals surface area contributed by atoms with Gasteiger partial charge in [-0.3, -0.25) is 4.79 Å². The Labute approximate surface area is 79.1 Å². The Hall–Kier alpha value is -1.03. The average Bonchev–Trinajstić information content (AvgIpc) is 1.97. The maximum absolute atomic E-state index is 11.1. The third kappa shape index (κ3) is 7.33. The van der Waals surface area contributed by atoms with Crippen molar-refractivity contribution in [3.63, 3.8) is 0 Å². The highest BCUT2D eigenvalue weighted by molar-refractivity contribution is 5.72. The van der Waals surface area contributed by atoms with Crippen LogP contribution in [0.5, 0.6) is 0 Å². The predicted octanol–water partition coefficient (Wildman–Crippen LogP) is 0.390. The van der Waals surface area contributed by atoms with Gasteiger partial charge in [0, 0.05) is 12.2 Å². The van der Waals surface area contributed by atoms with Gasteiger partial charge in [-0.15, -0.1) is 0 Å². The lowest BCUT2D eigenvalue weighted by molar-refractivity contribution is -0.153. The van der Waals surface area contributed by atoms with Crippen molar-refractivity contribution in [3.8, 4) is 0 Å². The van der Waals surface area contributed by atoms with Crippen LogP contribution in [0.3, 0.4) is 0 Å². The molecule has 0 unspecified atom stereocenters. The first kappa shape index (κ1) is 12.0. The molecule has 0 saturated heterocycles. The number of ether oxygens (including phenoxy) is 1. The normalized spacial score (nSPS) is 10.8. The van der Waals surface area contributed by atoms with Crippen LogP contribution in [0.4, 0.5) is 0 Å². The van der Waals surface area contributed by atoms with Gasteiger partial charge >= 0.3 is 5.97 Å². The Kier molecular flexibility index (Phi) is 4.48. The first-order valence-electron chi connectivity index (χ1n) is 4.18. The number of carbonyl (C=O) groups is 1. The van der Waals surface area contributed by atoms with Crippen LogP contribution >= 0.6 is 0 Å². The third-order valence-corrected chi connectivity index (χ3v) is 1.15. The van der Waals surface area contributed by atoms with E-state index in [2.05, 4.69) is 11.9 Å². The van der Waals surface area contributed by atoms with Crippen molar-refractivity contribution >= 4 is 5.97 Å². The van der Waals surface area contributed by atoms with Crippen molar-refractivity contribution in [2.45, 2.75) is 26.4 Å². The summed E-state index contributed by atoms with van der Waals surface area (Å²) in [6.07, 6.45) is 0. The zero-order chi connectivity index (χ0) is 10.5. The Balaban J connectivity index is 3.71. The van der Waals surface area contributed by atoms with E-state index in [0.29, 0.717) is 12.2 Å². The largest absolute Gasteiger partial charge is 0.459 e. The van der Waals surface area contributed by atoms with Gasteiger partial charge < -0.3 is 15.8 Å². The Morgan fingerprint density at radius 3 is 2.46 bits per heavy atom. The van der Waals surface area contributed by atoms with Crippen molar-refractivity contribution in [3.05, 3.63) is 12.3 Å². The van der Waals surface area contributed by atoms with Gasteiger partial charge in [0.15, 0.2) is 0 Å². The van der Waals surface area contributed by atoms with Crippen LogP contribution in [-0.2, 0) is 9.53 Å². The number of nitrogens with one attached hydrogen (secondary N) is 1. The molecule has 0 heterocycles. The molecular weight excluding hydrogens is 168 g/mol. The van der Waals surface area contributed by atoms with Gasteiger partial charge in [-0.2, -0.15) is 0 Å². The fourth-order valence-electron chi connectivity index (χ4n) is 0.647. The van der Waals surface area contributed by atoms with Gasteiger partial charge in [-0.05, 0) is 20.8 Å². The number of nitrogens with two attached hydrogens (primary N) is 1. The smallest absolute Gasteiger partial charge is 0.325 e. The second-order valence-corrected chi connectivity index (χ2v) is 3.75. The summed E-state index contributed by atoms with van der Waals surface area (Å²) in [5, 5.41) is 2.76. The highest BCUT2D eigenvalue weighted by Crippen LogP contribution is 2.06. The molecular formula is C9H18N2O2. The molecule has 0 aromatic heterocycles. The molecule has 4 heteroatoms. The molecule has 0 aliphatic heterocycles. The molecule has 0 aliphatic rings. The Morgan fingerprint density at radius 2 is 2.08 bits per heavy atom. The minimum absolute atomic E-state index is 0.118. The van der Waals surface area contributed by atoms with E-state index in [4.69, 9.17) is 10.5 Å². The zero-order valence-electron chi connectivity index (χ0n) is 8.52. The highest BCUT2D eigenvalue weighted by Gasteiger charge is 2.15. The van der Waals surface area contributed by atoms with E-state index >= 15 is 0 Å². The van der Waals surface area contributed by atoms with E-state index in [-0.39, 0.29) is 12.5 Å². The first-order chi connectivity index (χ1) is 5.85. The summed E-state index contributed by atoms with van der Waals surface area (Å²) in [5.41, 5.74) is 5.46. The summed E-state index contributed by atoms with van der Waals surface area (Å²) >= 11 is 0. The van der Waals surface area contributed by atoms with Gasteiger partial charge in [0.2, 0.25) is 0 Å². The second kappa shape index (κ2) is 4.87. The predicted molar refractivity (Wildman–Crippen MR) is 52.0 cm³/mol. The standard InChI is InChI=1S/C9H18N2O2/c1-7(5-10)11-6-8(12)13-9(2,3)4/h11H,1,5-6,10H2,2-4H3. The third-order valence-electron chi connectivity index (χ3n) is 1.15. The van der Waals surface area contributed by atoms with Crippen molar-refractivity contribution in [2.75, 3.05) is 13.1 Å². The molecule has 0 radical (unpaired) electrons. The van der Waals surface area contributed by atoms with Crippen molar-refractivity contribution in [2.24, 2.45) is 5.73 Å². The summed E-state index contributed by atoms with van der Waals surface area (Å²) in [6, 6.07) is 0. The lowest BCUT2D eigenvalue weighted by Gasteiger charge is -2.19. The molecule has 0 rings (SSSR count). The number of carbonyl (C=O) groups excluding carboxylic acids is 1. The molecule has 13 heavy (non-hydrogen) atoms. The molecule has 3 N–H and O–H groups in total. The van der Waals surface area contributed by atoms with Gasteiger partial charge in [0.25, 0.3) is 0 Å². The molecule has 0 atom stereocenters. The molecule has 0 aliphatic carbocycles. The van der Waals surface area contributed by atoms with E-state index in [1.54, 1.807) is 0 Å². The molecule has 0 fully saturated rings. The number of hydrogen-bond donors (Lipinski definition) is 2. The minimum atomic E-state index is -0.442. The molecule has 0 spiro atoms. The number of rotatable bonds is 4. The van der Waals surface area contributed by atoms with Crippen molar-refractivity contribution in [1.29, 1.82) is 0 Å². The van der Waals surface area contributed by atoms with Gasteiger partial charge in [0.1, 0.15) is 12.1 Å². The van der Waals surface area contributed by atoms with Crippen molar-refractivity contribution in [1.82, 2.24) is 5.32 Å². The van der Waals surface area contributed by atoms with Crippen LogP contribution in [0.2, 0.25) is 0 Å². The SMILES string of the molecule is C=C(CN)NCC(=O)OC(C)(C)C. The molecule has 76 valence electrons. The lowest BCUT2D eigenvalue weighted by atomic mass is 10.2. The summed E-state index contributed by atoms with van der Waals surface area (Å²) in [4.78, 5) is 11.1. The van der Waals surface area contributed by atoms with E-state index in [1.807, 2.05) is 20.8 Å².